The number of esters is 1. The van der Waals surface area contributed by atoms with Crippen molar-refractivity contribution in [1.82, 2.24) is 4.90 Å². The van der Waals surface area contributed by atoms with Crippen LogP contribution in [0, 0.1) is 0 Å². The number of hydrogen-bond donors (Lipinski definition) is 0. The second-order valence-corrected chi connectivity index (χ2v) is 7.38. The zero-order chi connectivity index (χ0) is 17.1. The molecule has 6 heteroatoms. The van der Waals surface area contributed by atoms with Crippen LogP contribution in [-0.4, -0.2) is 47.4 Å². The smallest absolute Gasteiger partial charge is 0.410 e. The zero-order valence-electron chi connectivity index (χ0n) is 14.4. The standard InChI is InChI=1S/C16H27NO5/c1-11(13(18)21-15(2,3)4)20-12-8-9-17(10-12)14(19)22-16(5,6)7/h12H,1,8-10H2,2-7H3. The Hall–Kier alpha value is -1.72. The fourth-order valence-electron chi connectivity index (χ4n) is 1.90. The van der Waals surface area contributed by atoms with Gasteiger partial charge in [0.1, 0.15) is 17.3 Å². The summed E-state index contributed by atoms with van der Waals surface area (Å²) in [5.74, 6) is -0.616. The van der Waals surface area contributed by atoms with Crippen LogP contribution in [0.1, 0.15) is 48.0 Å². The number of rotatable bonds is 3. The van der Waals surface area contributed by atoms with Gasteiger partial charge in [0.25, 0.3) is 0 Å². The van der Waals surface area contributed by atoms with E-state index in [1.165, 1.54) is 0 Å². The SMILES string of the molecule is C=C(OC1CCN(C(=O)OC(C)(C)C)C1)C(=O)OC(C)(C)C. The summed E-state index contributed by atoms with van der Waals surface area (Å²) >= 11 is 0. The Morgan fingerprint density at radius 2 is 1.59 bits per heavy atom. The van der Waals surface area contributed by atoms with Crippen LogP contribution < -0.4 is 0 Å². The fourth-order valence-corrected chi connectivity index (χ4v) is 1.90. The summed E-state index contributed by atoms with van der Waals surface area (Å²) in [6.45, 7) is 15.3. The van der Waals surface area contributed by atoms with E-state index in [1.54, 1.807) is 25.7 Å². The normalized spacial score (nSPS) is 18.8. The van der Waals surface area contributed by atoms with Gasteiger partial charge in [0, 0.05) is 13.0 Å². The molecule has 1 rings (SSSR count). The maximum Gasteiger partial charge on any atom is 0.410 e. The third kappa shape index (κ3) is 6.37. The van der Waals surface area contributed by atoms with Gasteiger partial charge in [-0.25, -0.2) is 9.59 Å². The summed E-state index contributed by atoms with van der Waals surface area (Å²) in [4.78, 5) is 25.3. The van der Waals surface area contributed by atoms with Crippen molar-refractivity contribution in [2.45, 2.75) is 65.3 Å². The van der Waals surface area contributed by atoms with Gasteiger partial charge < -0.3 is 19.1 Å². The average Bonchev–Trinajstić information content (AvgIpc) is 2.72. The summed E-state index contributed by atoms with van der Waals surface area (Å²) in [5, 5.41) is 0. The Balaban J connectivity index is 2.46. The van der Waals surface area contributed by atoms with Gasteiger partial charge in [0.2, 0.25) is 0 Å². The third-order valence-electron chi connectivity index (χ3n) is 2.73. The molecule has 0 aliphatic carbocycles. The minimum atomic E-state index is -0.596. The van der Waals surface area contributed by atoms with Crippen LogP contribution in [0.2, 0.25) is 0 Å². The lowest BCUT2D eigenvalue weighted by molar-refractivity contribution is -0.155. The topological polar surface area (TPSA) is 65.1 Å². The summed E-state index contributed by atoms with van der Waals surface area (Å²) < 4.78 is 16.0. The minimum Gasteiger partial charge on any atom is -0.482 e. The molecule has 6 nitrogen and oxygen atoms in total. The van der Waals surface area contributed by atoms with Crippen LogP contribution in [0.15, 0.2) is 12.3 Å². The van der Waals surface area contributed by atoms with Crippen molar-refractivity contribution in [3.63, 3.8) is 0 Å². The Morgan fingerprint density at radius 3 is 2.09 bits per heavy atom. The van der Waals surface area contributed by atoms with Gasteiger partial charge in [-0.15, -0.1) is 0 Å². The molecule has 0 radical (unpaired) electrons. The number of nitrogens with zero attached hydrogens (tertiary/aromatic N) is 1. The number of carbonyl (C=O) groups is 2. The van der Waals surface area contributed by atoms with Gasteiger partial charge in [-0.3, -0.25) is 0 Å². The molecule has 1 amide bonds. The largest absolute Gasteiger partial charge is 0.482 e. The molecule has 0 saturated carbocycles. The van der Waals surface area contributed by atoms with E-state index in [2.05, 4.69) is 6.58 Å². The molecule has 1 heterocycles. The summed E-state index contributed by atoms with van der Waals surface area (Å²) in [6, 6.07) is 0. The van der Waals surface area contributed by atoms with Gasteiger partial charge in [-0.05, 0) is 48.1 Å². The lowest BCUT2D eigenvalue weighted by Crippen LogP contribution is -2.36. The van der Waals surface area contributed by atoms with Crippen molar-refractivity contribution in [2.75, 3.05) is 13.1 Å². The first-order valence-corrected chi connectivity index (χ1v) is 7.44. The molecule has 0 aromatic heterocycles. The molecule has 0 N–H and O–H groups in total. The van der Waals surface area contributed by atoms with E-state index in [9.17, 15) is 9.59 Å². The Kier molecular flexibility index (Phi) is 5.49. The molecule has 1 saturated heterocycles. The Bertz CT molecular complexity index is 444. The Morgan fingerprint density at radius 1 is 1.05 bits per heavy atom. The molecular weight excluding hydrogens is 286 g/mol. The lowest BCUT2D eigenvalue weighted by Gasteiger charge is -2.24. The van der Waals surface area contributed by atoms with Gasteiger partial charge in [-0.1, -0.05) is 0 Å². The average molecular weight is 313 g/mol. The van der Waals surface area contributed by atoms with E-state index in [1.807, 2.05) is 20.8 Å². The maximum absolute atomic E-state index is 11.9. The number of hydrogen-bond acceptors (Lipinski definition) is 5. The molecule has 22 heavy (non-hydrogen) atoms. The highest BCUT2D eigenvalue weighted by Gasteiger charge is 2.32. The lowest BCUT2D eigenvalue weighted by atomic mass is 10.2. The number of ether oxygens (including phenoxy) is 3. The van der Waals surface area contributed by atoms with Crippen LogP contribution >= 0.6 is 0 Å². The number of amides is 1. The molecule has 0 aromatic rings. The molecular formula is C16H27NO5. The first kappa shape index (κ1) is 18.3. The van der Waals surface area contributed by atoms with Crippen LogP contribution in [0.4, 0.5) is 4.79 Å². The molecule has 0 spiro atoms. The van der Waals surface area contributed by atoms with Crippen molar-refractivity contribution < 1.29 is 23.8 Å². The monoisotopic (exact) mass is 313 g/mol. The van der Waals surface area contributed by atoms with Gasteiger partial charge in [0.15, 0.2) is 5.76 Å². The van der Waals surface area contributed by atoms with E-state index >= 15 is 0 Å². The van der Waals surface area contributed by atoms with Crippen LogP contribution in [0.3, 0.4) is 0 Å². The van der Waals surface area contributed by atoms with Gasteiger partial charge >= 0.3 is 12.1 Å². The highest BCUT2D eigenvalue weighted by molar-refractivity contribution is 5.85. The van der Waals surface area contributed by atoms with Crippen molar-refractivity contribution >= 4 is 12.1 Å². The minimum absolute atomic E-state index is 0.0361. The summed E-state index contributed by atoms with van der Waals surface area (Å²) in [7, 11) is 0. The zero-order valence-corrected chi connectivity index (χ0v) is 14.4. The van der Waals surface area contributed by atoms with Crippen LogP contribution in [-0.2, 0) is 19.0 Å². The van der Waals surface area contributed by atoms with Crippen molar-refractivity contribution in [3.8, 4) is 0 Å². The first-order valence-electron chi connectivity index (χ1n) is 7.44. The maximum atomic E-state index is 11.9. The van der Waals surface area contributed by atoms with E-state index in [0.717, 1.165) is 0 Å². The molecule has 126 valence electrons. The summed E-state index contributed by atoms with van der Waals surface area (Å²) in [5.41, 5.74) is -1.13. The molecule has 1 unspecified atom stereocenters. The molecule has 0 aromatic carbocycles. The van der Waals surface area contributed by atoms with Crippen molar-refractivity contribution in [3.05, 3.63) is 12.3 Å². The highest BCUT2D eigenvalue weighted by Crippen LogP contribution is 2.20. The Labute approximate surface area is 132 Å². The van der Waals surface area contributed by atoms with Crippen molar-refractivity contribution in [1.29, 1.82) is 0 Å². The molecule has 1 aliphatic heterocycles. The van der Waals surface area contributed by atoms with E-state index in [4.69, 9.17) is 14.2 Å². The van der Waals surface area contributed by atoms with Gasteiger partial charge in [-0.2, -0.15) is 0 Å². The predicted octanol–water partition coefficient (Wildman–Crippen LogP) is 2.87. The van der Waals surface area contributed by atoms with E-state index in [0.29, 0.717) is 19.5 Å². The van der Waals surface area contributed by atoms with E-state index in [-0.39, 0.29) is 18.0 Å². The molecule has 1 atom stereocenters. The second kappa shape index (κ2) is 6.58. The third-order valence-corrected chi connectivity index (χ3v) is 2.73. The number of carbonyl (C=O) groups excluding carboxylic acids is 2. The predicted molar refractivity (Wildman–Crippen MR) is 82.3 cm³/mol. The van der Waals surface area contributed by atoms with Gasteiger partial charge in [0.05, 0.1) is 6.54 Å². The van der Waals surface area contributed by atoms with Crippen LogP contribution in [0.5, 0.6) is 0 Å². The highest BCUT2D eigenvalue weighted by atomic mass is 16.6. The number of likely N-dealkylation sites (tertiary alicyclic amines) is 1. The fraction of sp³-hybridized carbons (Fsp3) is 0.750. The summed E-state index contributed by atoms with van der Waals surface area (Å²) in [6.07, 6.45) is -0.0184. The van der Waals surface area contributed by atoms with Crippen molar-refractivity contribution in [2.24, 2.45) is 0 Å². The quantitative estimate of drug-likeness (QED) is 0.455. The van der Waals surface area contributed by atoms with Crippen LogP contribution in [0.25, 0.3) is 0 Å². The molecule has 1 aliphatic rings. The first-order chi connectivity index (χ1) is 9.87. The molecule has 1 fully saturated rings. The second-order valence-electron chi connectivity index (χ2n) is 7.38. The van der Waals surface area contributed by atoms with E-state index < -0.39 is 17.2 Å². The molecule has 0 bridgehead atoms.